The van der Waals surface area contributed by atoms with E-state index in [1.807, 2.05) is 6.26 Å². The molecule has 3 heteroatoms. The molecule has 0 fully saturated rings. The Morgan fingerprint density at radius 3 is 2.67 bits per heavy atom. The van der Waals surface area contributed by atoms with Crippen LogP contribution in [-0.2, 0) is 6.42 Å². The van der Waals surface area contributed by atoms with Crippen molar-refractivity contribution in [1.82, 2.24) is 0 Å². The van der Waals surface area contributed by atoms with E-state index in [-0.39, 0.29) is 0 Å². The van der Waals surface area contributed by atoms with Crippen LogP contribution in [0.1, 0.15) is 18.4 Å². The Balaban J connectivity index is 2.13. The molecule has 0 heterocycles. The number of nitrogens with one attached hydrogen (secondary N) is 1. The highest BCUT2D eigenvalue weighted by molar-refractivity contribution is 8.12. The fourth-order valence-corrected chi connectivity index (χ4v) is 1.63. The molecule has 0 aromatic heterocycles. The second kappa shape index (κ2) is 7.35. The van der Waals surface area contributed by atoms with Gasteiger partial charge in [-0.05, 0) is 42.8 Å². The van der Waals surface area contributed by atoms with Crippen molar-refractivity contribution in [3.63, 3.8) is 0 Å². The summed E-state index contributed by atoms with van der Waals surface area (Å²) in [6.45, 7) is 0.972. The third-order valence-electron chi connectivity index (χ3n) is 2.25. The lowest BCUT2D eigenvalue weighted by Crippen LogP contribution is -2.74. The first-order chi connectivity index (χ1) is 7.33. The molecule has 82 valence electrons. The maximum atomic E-state index is 5.63. The summed E-state index contributed by atoms with van der Waals surface area (Å²) < 4.78 is 0. The lowest BCUT2D eigenvalue weighted by Gasteiger charge is -1.98. The summed E-state index contributed by atoms with van der Waals surface area (Å²) in [5, 5.41) is 0.815. The van der Waals surface area contributed by atoms with E-state index >= 15 is 0 Å². The number of nitrogens with two attached hydrogens (primary N) is 1. The first-order valence-electron chi connectivity index (χ1n) is 5.27. The van der Waals surface area contributed by atoms with Crippen LogP contribution in [0.2, 0.25) is 0 Å². The standard InChI is InChI=1S/C12H18N2S/c1-15-12(13)14-10-6-5-9-11-7-3-2-4-8-11/h2-4,7-8H,5-6,9-10H2,1H3,(H2,13,14)/p+1. The average Bonchev–Trinajstić information content (AvgIpc) is 2.29. The van der Waals surface area contributed by atoms with Gasteiger partial charge in [0, 0.05) is 0 Å². The minimum atomic E-state index is 0.815. The maximum Gasteiger partial charge on any atom is 0.301 e. The molecular weight excluding hydrogens is 204 g/mol. The van der Waals surface area contributed by atoms with Crippen LogP contribution in [0.15, 0.2) is 30.3 Å². The Morgan fingerprint density at radius 1 is 1.27 bits per heavy atom. The van der Waals surface area contributed by atoms with E-state index < -0.39 is 0 Å². The summed E-state index contributed by atoms with van der Waals surface area (Å²) in [6.07, 6.45) is 5.50. The maximum absolute atomic E-state index is 5.63. The van der Waals surface area contributed by atoms with Crippen LogP contribution in [-0.4, -0.2) is 18.0 Å². The number of thioether (sulfide) groups is 1. The van der Waals surface area contributed by atoms with Gasteiger partial charge in [0.15, 0.2) is 0 Å². The summed E-state index contributed by atoms with van der Waals surface area (Å²) in [6, 6.07) is 10.6. The Labute approximate surface area is 96.0 Å². The molecule has 0 saturated carbocycles. The fraction of sp³-hybridized carbons (Fsp3) is 0.417. The van der Waals surface area contributed by atoms with Crippen molar-refractivity contribution in [3.05, 3.63) is 35.9 Å². The number of hydrogen-bond donors (Lipinski definition) is 2. The first kappa shape index (κ1) is 12.1. The SMILES string of the molecule is CSC(N)=[NH+]CCCCc1ccccc1. The molecule has 0 unspecified atom stereocenters. The molecule has 1 rings (SSSR count). The predicted molar refractivity (Wildman–Crippen MR) is 67.9 cm³/mol. The molecule has 3 N–H and O–H groups in total. The van der Waals surface area contributed by atoms with Crippen molar-refractivity contribution in [1.29, 1.82) is 0 Å². The monoisotopic (exact) mass is 223 g/mol. The third-order valence-corrected chi connectivity index (χ3v) is 2.84. The quantitative estimate of drug-likeness (QED) is 0.440. The Kier molecular flexibility index (Phi) is 5.93. The first-order valence-corrected chi connectivity index (χ1v) is 6.49. The molecule has 0 bridgehead atoms. The van der Waals surface area contributed by atoms with E-state index in [2.05, 4.69) is 35.3 Å². The van der Waals surface area contributed by atoms with Gasteiger partial charge in [0.25, 0.3) is 0 Å². The van der Waals surface area contributed by atoms with Crippen molar-refractivity contribution in [2.75, 3.05) is 12.8 Å². The van der Waals surface area contributed by atoms with E-state index in [0.29, 0.717) is 0 Å². The van der Waals surface area contributed by atoms with Gasteiger partial charge in [-0.2, -0.15) is 0 Å². The second-order valence-electron chi connectivity index (χ2n) is 3.44. The van der Waals surface area contributed by atoms with Gasteiger partial charge >= 0.3 is 5.17 Å². The van der Waals surface area contributed by atoms with E-state index in [9.17, 15) is 0 Å². The van der Waals surface area contributed by atoms with E-state index in [4.69, 9.17) is 5.73 Å². The Hall–Kier alpha value is -0.960. The summed E-state index contributed by atoms with van der Waals surface area (Å²) in [5.41, 5.74) is 7.05. The van der Waals surface area contributed by atoms with Crippen LogP contribution in [0.25, 0.3) is 0 Å². The van der Waals surface area contributed by atoms with Crippen molar-refractivity contribution in [2.45, 2.75) is 19.3 Å². The average molecular weight is 223 g/mol. The van der Waals surface area contributed by atoms with E-state index in [1.54, 1.807) is 11.8 Å². The molecule has 0 atom stereocenters. The number of benzene rings is 1. The van der Waals surface area contributed by atoms with Crippen molar-refractivity contribution in [3.8, 4) is 0 Å². The highest BCUT2D eigenvalue weighted by Gasteiger charge is 1.95. The number of unbranched alkanes of at least 4 members (excludes halogenated alkanes) is 1. The normalized spacial score (nSPS) is 11.7. The molecule has 0 amide bonds. The van der Waals surface area contributed by atoms with Gasteiger partial charge in [-0.3, -0.25) is 10.7 Å². The molecule has 0 radical (unpaired) electrons. The molecule has 15 heavy (non-hydrogen) atoms. The van der Waals surface area contributed by atoms with Crippen LogP contribution in [0, 0.1) is 0 Å². The highest BCUT2D eigenvalue weighted by Crippen LogP contribution is 2.03. The molecule has 2 nitrogen and oxygen atoms in total. The topological polar surface area (TPSA) is 40.0 Å². The minimum Gasteiger partial charge on any atom is -0.282 e. The molecule has 0 aliphatic rings. The molecule has 0 aliphatic heterocycles. The largest absolute Gasteiger partial charge is 0.301 e. The van der Waals surface area contributed by atoms with Crippen LogP contribution < -0.4 is 10.7 Å². The molecule has 1 aromatic rings. The predicted octanol–water partition coefficient (Wildman–Crippen LogP) is 0.768. The summed E-state index contributed by atoms with van der Waals surface area (Å²) in [4.78, 5) is 3.18. The van der Waals surface area contributed by atoms with Gasteiger partial charge in [-0.25, -0.2) is 0 Å². The summed E-state index contributed by atoms with van der Waals surface area (Å²) >= 11 is 1.56. The summed E-state index contributed by atoms with van der Waals surface area (Å²) in [7, 11) is 0. The third kappa shape index (κ3) is 5.47. The molecule has 1 aromatic carbocycles. The number of hydrogen-bond acceptors (Lipinski definition) is 1. The highest BCUT2D eigenvalue weighted by atomic mass is 32.2. The zero-order valence-corrected chi connectivity index (χ0v) is 10.0. The number of rotatable bonds is 5. The van der Waals surface area contributed by atoms with Gasteiger partial charge in [0.2, 0.25) is 0 Å². The lowest BCUT2D eigenvalue weighted by atomic mass is 10.1. The van der Waals surface area contributed by atoms with Crippen molar-refractivity contribution >= 4 is 16.9 Å². The molecule has 0 saturated heterocycles. The van der Waals surface area contributed by atoms with Gasteiger partial charge in [-0.15, -0.1) is 0 Å². The fourth-order valence-electron chi connectivity index (χ4n) is 1.38. The van der Waals surface area contributed by atoms with Gasteiger partial charge < -0.3 is 0 Å². The Bertz CT molecular complexity index is 296. The van der Waals surface area contributed by atoms with Crippen LogP contribution in [0.3, 0.4) is 0 Å². The minimum absolute atomic E-state index is 0.815. The lowest BCUT2D eigenvalue weighted by molar-refractivity contribution is -0.455. The zero-order valence-electron chi connectivity index (χ0n) is 9.20. The molecule has 0 aliphatic carbocycles. The number of aryl methyl sites for hydroxylation is 1. The van der Waals surface area contributed by atoms with E-state index in [1.165, 1.54) is 12.0 Å². The van der Waals surface area contributed by atoms with E-state index in [0.717, 1.165) is 24.6 Å². The van der Waals surface area contributed by atoms with Crippen molar-refractivity contribution in [2.24, 2.45) is 5.73 Å². The van der Waals surface area contributed by atoms with Gasteiger partial charge in [-0.1, -0.05) is 30.3 Å². The van der Waals surface area contributed by atoms with Gasteiger partial charge in [0.1, 0.15) is 0 Å². The van der Waals surface area contributed by atoms with Crippen molar-refractivity contribution < 1.29 is 4.99 Å². The molecular formula is C12H19N2S+. The van der Waals surface area contributed by atoms with Crippen LogP contribution in [0.4, 0.5) is 0 Å². The van der Waals surface area contributed by atoms with Crippen LogP contribution in [0.5, 0.6) is 0 Å². The van der Waals surface area contributed by atoms with Crippen LogP contribution >= 0.6 is 11.8 Å². The summed E-state index contributed by atoms with van der Waals surface area (Å²) in [5.74, 6) is 0. The number of amidine groups is 1. The smallest absolute Gasteiger partial charge is 0.282 e. The van der Waals surface area contributed by atoms with Gasteiger partial charge in [0.05, 0.1) is 6.54 Å². The molecule has 0 spiro atoms. The Morgan fingerprint density at radius 2 is 2.00 bits per heavy atom. The zero-order chi connectivity index (χ0) is 10.9. The second-order valence-corrected chi connectivity index (χ2v) is 4.29.